The fourth-order valence-corrected chi connectivity index (χ4v) is 2.71. The Morgan fingerprint density at radius 3 is 2.85 bits per heavy atom. The number of hydrogen-bond acceptors (Lipinski definition) is 5. The first-order chi connectivity index (χ1) is 9.83. The molecule has 1 unspecified atom stereocenters. The summed E-state index contributed by atoms with van der Waals surface area (Å²) in [6, 6.07) is 9.74. The summed E-state index contributed by atoms with van der Waals surface area (Å²) in [6.07, 6.45) is 1.29. The van der Waals surface area contributed by atoms with Crippen molar-refractivity contribution < 1.29 is 5.11 Å². The van der Waals surface area contributed by atoms with Gasteiger partial charge in [0.05, 0.1) is 29.0 Å². The summed E-state index contributed by atoms with van der Waals surface area (Å²) in [5.74, 6) is 0. The lowest BCUT2D eigenvalue weighted by molar-refractivity contribution is 0.174. The number of nitrogens with one attached hydrogen (secondary N) is 1. The smallest absolute Gasteiger partial charge is 0.0922 e. The van der Waals surface area contributed by atoms with Crippen molar-refractivity contribution in [3.05, 3.63) is 58.5 Å². The highest BCUT2D eigenvalue weighted by Gasteiger charge is 2.07. The van der Waals surface area contributed by atoms with E-state index in [4.69, 9.17) is 0 Å². The van der Waals surface area contributed by atoms with Crippen molar-refractivity contribution in [2.45, 2.75) is 12.6 Å². The monoisotopic (exact) mass is 285 g/mol. The number of para-hydroxylation sites is 2. The summed E-state index contributed by atoms with van der Waals surface area (Å²) in [5, 5.41) is 17.1. The van der Waals surface area contributed by atoms with Crippen LogP contribution >= 0.6 is 11.3 Å². The van der Waals surface area contributed by atoms with Crippen molar-refractivity contribution in [1.82, 2.24) is 15.3 Å². The molecule has 2 N–H and O–H groups in total. The Balaban J connectivity index is 1.59. The second-order valence-corrected chi connectivity index (χ2v) is 5.33. The third-order valence-electron chi connectivity index (χ3n) is 3.07. The molecule has 0 aliphatic rings. The summed E-state index contributed by atoms with van der Waals surface area (Å²) in [6.45, 7) is 1.10. The van der Waals surface area contributed by atoms with Gasteiger partial charge in [-0.3, -0.25) is 4.98 Å². The molecule has 4 nitrogen and oxygen atoms in total. The van der Waals surface area contributed by atoms with Gasteiger partial charge in [-0.05, 0) is 34.5 Å². The van der Waals surface area contributed by atoms with E-state index in [1.165, 1.54) is 0 Å². The quantitative estimate of drug-likeness (QED) is 0.756. The molecule has 0 saturated carbocycles. The van der Waals surface area contributed by atoms with Crippen LogP contribution in [0.15, 0.2) is 47.3 Å². The van der Waals surface area contributed by atoms with Crippen LogP contribution in [0, 0.1) is 0 Å². The number of thiophene rings is 1. The topological polar surface area (TPSA) is 58.0 Å². The standard InChI is InChI=1S/C15H15N3OS/c19-15(11-5-6-20-10-11)9-16-7-12-8-17-13-3-1-2-4-14(13)18-12/h1-6,8,10,15-16,19H,7,9H2. The van der Waals surface area contributed by atoms with Crippen LogP contribution in [0.2, 0.25) is 0 Å². The predicted octanol–water partition coefficient (Wildman–Crippen LogP) is 2.51. The molecule has 20 heavy (non-hydrogen) atoms. The average molecular weight is 285 g/mol. The second-order valence-electron chi connectivity index (χ2n) is 4.55. The Labute approximate surface area is 121 Å². The van der Waals surface area contributed by atoms with E-state index in [0.717, 1.165) is 22.3 Å². The molecule has 1 atom stereocenters. The van der Waals surface area contributed by atoms with Gasteiger partial charge in [0.2, 0.25) is 0 Å². The number of rotatable bonds is 5. The number of hydrogen-bond donors (Lipinski definition) is 2. The average Bonchev–Trinajstić information content (AvgIpc) is 3.01. The van der Waals surface area contributed by atoms with Crippen molar-refractivity contribution in [3.8, 4) is 0 Å². The molecule has 0 radical (unpaired) electrons. The van der Waals surface area contributed by atoms with Gasteiger partial charge >= 0.3 is 0 Å². The lowest BCUT2D eigenvalue weighted by Crippen LogP contribution is -2.21. The highest BCUT2D eigenvalue weighted by molar-refractivity contribution is 7.07. The molecule has 3 aromatic rings. The second kappa shape index (κ2) is 6.09. The van der Waals surface area contributed by atoms with Gasteiger partial charge in [0.25, 0.3) is 0 Å². The lowest BCUT2D eigenvalue weighted by Gasteiger charge is -2.10. The highest BCUT2D eigenvalue weighted by atomic mass is 32.1. The lowest BCUT2D eigenvalue weighted by atomic mass is 10.2. The molecule has 1 aromatic carbocycles. The first-order valence-corrected chi connectivity index (χ1v) is 7.39. The fraction of sp³-hybridized carbons (Fsp3) is 0.200. The van der Waals surface area contributed by atoms with E-state index in [0.29, 0.717) is 13.1 Å². The number of fused-ring (bicyclic) bond motifs is 1. The first kappa shape index (κ1) is 13.2. The van der Waals surface area contributed by atoms with Crippen molar-refractivity contribution in [3.63, 3.8) is 0 Å². The molecule has 5 heteroatoms. The molecular formula is C15H15N3OS. The van der Waals surface area contributed by atoms with E-state index < -0.39 is 6.10 Å². The maximum absolute atomic E-state index is 9.97. The minimum atomic E-state index is -0.477. The Kier molecular flexibility index (Phi) is 4.01. The van der Waals surface area contributed by atoms with E-state index in [9.17, 15) is 5.11 Å². The fourth-order valence-electron chi connectivity index (χ4n) is 2.00. The van der Waals surface area contributed by atoms with E-state index in [1.54, 1.807) is 17.5 Å². The molecule has 2 heterocycles. The maximum atomic E-state index is 9.97. The van der Waals surface area contributed by atoms with E-state index in [1.807, 2.05) is 41.1 Å². The summed E-state index contributed by atoms with van der Waals surface area (Å²) in [7, 11) is 0. The van der Waals surface area contributed by atoms with Crippen molar-refractivity contribution in [2.75, 3.05) is 6.54 Å². The summed E-state index contributed by atoms with van der Waals surface area (Å²) < 4.78 is 0. The minimum absolute atomic E-state index is 0.477. The molecular weight excluding hydrogens is 270 g/mol. The molecule has 0 aliphatic carbocycles. The zero-order valence-electron chi connectivity index (χ0n) is 10.9. The third kappa shape index (κ3) is 3.01. The molecule has 2 aromatic heterocycles. The Bertz CT molecular complexity index is 684. The van der Waals surface area contributed by atoms with E-state index in [2.05, 4.69) is 15.3 Å². The first-order valence-electron chi connectivity index (χ1n) is 6.44. The SMILES string of the molecule is OC(CNCc1cnc2ccccc2n1)c1ccsc1. The van der Waals surface area contributed by atoms with Gasteiger partial charge in [0.1, 0.15) is 0 Å². The molecule has 0 aliphatic heterocycles. The van der Waals surface area contributed by atoms with Gasteiger partial charge in [-0.25, -0.2) is 4.98 Å². The van der Waals surface area contributed by atoms with Crippen LogP contribution in [0.4, 0.5) is 0 Å². The Morgan fingerprint density at radius 1 is 1.20 bits per heavy atom. The molecule has 102 valence electrons. The van der Waals surface area contributed by atoms with Gasteiger partial charge in [0.15, 0.2) is 0 Å². The highest BCUT2D eigenvalue weighted by Crippen LogP contribution is 2.15. The Hall–Kier alpha value is -1.82. The van der Waals surface area contributed by atoms with Crippen LogP contribution in [-0.4, -0.2) is 21.6 Å². The van der Waals surface area contributed by atoms with Crippen LogP contribution in [-0.2, 0) is 6.54 Å². The van der Waals surface area contributed by atoms with Gasteiger partial charge in [-0.15, -0.1) is 0 Å². The Morgan fingerprint density at radius 2 is 2.05 bits per heavy atom. The molecule has 0 amide bonds. The molecule has 0 spiro atoms. The molecule has 0 fully saturated rings. The van der Waals surface area contributed by atoms with Gasteiger partial charge in [-0.1, -0.05) is 12.1 Å². The number of aliphatic hydroxyl groups is 1. The number of nitrogens with zero attached hydrogens (tertiary/aromatic N) is 2. The van der Waals surface area contributed by atoms with Crippen LogP contribution in [0.3, 0.4) is 0 Å². The summed E-state index contributed by atoms with van der Waals surface area (Å²) in [5.41, 5.74) is 3.62. The van der Waals surface area contributed by atoms with Crippen LogP contribution in [0.25, 0.3) is 11.0 Å². The van der Waals surface area contributed by atoms with E-state index >= 15 is 0 Å². The van der Waals surface area contributed by atoms with E-state index in [-0.39, 0.29) is 0 Å². The van der Waals surface area contributed by atoms with Crippen LogP contribution in [0.5, 0.6) is 0 Å². The molecule has 0 saturated heterocycles. The maximum Gasteiger partial charge on any atom is 0.0922 e. The summed E-state index contributed by atoms with van der Waals surface area (Å²) >= 11 is 1.59. The number of aromatic nitrogens is 2. The van der Waals surface area contributed by atoms with Crippen molar-refractivity contribution >= 4 is 22.4 Å². The molecule has 0 bridgehead atoms. The zero-order chi connectivity index (χ0) is 13.8. The minimum Gasteiger partial charge on any atom is -0.387 e. The number of aliphatic hydroxyl groups excluding tert-OH is 1. The predicted molar refractivity (Wildman–Crippen MR) is 80.5 cm³/mol. The van der Waals surface area contributed by atoms with Gasteiger partial charge < -0.3 is 10.4 Å². The number of benzene rings is 1. The normalized spacial score (nSPS) is 12.7. The van der Waals surface area contributed by atoms with Crippen LogP contribution < -0.4 is 5.32 Å². The summed E-state index contributed by atoms with van der Waals surface area (Å²) in [4.78, 5) is 8.90. The van der Waals surface area contributed by atoms with Crippen molar-refractivity contribution in [2.24, 2.45) is 0 Å². The zero-order valence-corrected chi connectivity index (χ0v) is 11.7. The molecule has 3 rings (SSSR count). The van der Waals surface area contributed by atoms with Crippen molar-refractivity contribution in [1.29, 1.82) is 0 Å². The van der Waals surface area contributed by atoms with Gasteiger partial charge in [-0.2, -0.15) is 11.3 Å². The van der Waals surface area contributed by atoms with Gasteiger partial charge in [0, 0.05) is 13.1 Å². The largest absolute Gasteiger partial charge is 0.387 e. The van der Waals surface area contributed by atoms with Crippen LogP contribution in [0.1, 0.15) is 17.4 Å². The third-order valence-corrected chi connectivity index (χ3v) is 3.77.